The van der Waals surface area contributed by atoms with E-state index in [2.05, 4.69) is 6.07 Å². The smallest absolute Gasteiger partial charge is 0.254 e. The molecule has 36 heavy (non-hydrogen) atoms. The van der Waals surface area contributed by atoms with Crippen molar-refractivity contribution in [2.75, 3.05) is 26.7 Å². The summed E-state index contributed by atoms with van der Waals surface area (Å²) in [5.74, 6) is 0.718. The van der Waals surface area contributed by atoms with Gasteiger partial charge in [0.25, 0.3) is 5.91 Å². The van der Waals surface area contributed by atoms with Crippen LogP contribution < -0.4 is 4.74 Å². The molecule has 0 bridgehead atoms. The lowest BCUT2D eigenvalue weighted by atomic mass is 9.94. The summed E-state index contributed by atoms with van der Waals surface area (Å²) in [5.41, 5.74) is 1.66. The van der Waals surface area contributed by atoms with Gasteiger partial charge in [-0.3, -0.25) is 9.59 Å². The average molecular weight is 500 g/mol. The van der Waals surface area contributed by atoms with E-state index in [1.807, 2.05) is 64.4 Å². The number of nitrogens with zero attached hydrogens (tertiary/aromatic N) is 3. The summed E-state index contributed by atoms with van der Waals surface area (Å²) in [4.78, 5) is 36.1. The zero-order valence-electron chi connectivity index (χ0n) is 20.4. The van der Waals surface area contributed by atoms with Crippen molar-refractivity contribution in [3.8, 4) is 5.75 Å². The first kappa shape index (κ1) is 23.0. The molecule has 184 valence electrons. The Morgan fingerprint density at radius 2 is 1.72 bits per heavy atom. The van der Waals surface area contributed by atoms with Gasteiger partial charge in [-0.25, -0.2) is 4.98 Å². The lowest BCUT2D eigenvalue weighted by Gasteiger charge is -2.35. The maximum atomic E-state index is 13.7. The second kappa shape index (κ2) is 9.54. The monoisotopic (exact) mass is 499 g/mol. The predicted molar refractivity (Wildman–Crippen MR) is 142 cm³/mol. The van der Waals surface area contributed by atoms with Crippen molar-refractivity contribution in [3.63, 3.8) is 0 Å². The molecule has 6 rings (SSSR count). The first-order chi connectivity index (χ1) is 17.6. The number of amides is 2. The summed E-state index contributed by atoms with van der Waals surface area (Å²) in [6.45, 7) is 1.89. The van der Waals surface area contributed by atoms with Crippen LogP contribution in [-0.2, 0) is 4.79 Å². The zero-order chi connectivity index (χ0) is 24.6. The van der Waals surface area contributed by atoms with Crippen molar-refractivity contribution in [3.05, 3.63) is 71.2 Å². The van der Waals surface area contributed by atoms with Gasteiger partial charge < -0.3 is 14.5 Å². The molecule has 3 aromatic carbocycles. The van der Waals surface area contributed by atoms with Crippen LogP contribution in [0.1, 0.15) is 47.1 Å². The maximum absolute atomic E-state index is 13.7. The molecule has 2 aliphatic rings. The summed E-state index contributed by atoms with van der Waals surface area (Å²) in [6.07, 6.45) is 3.57. The van der Waals surface area contributed by atoms with Gasteiger partial charge in [-0.15, -0.1) is 11.3 Å². The number of piperidine rings is 1. The fourth-order valence-electron chi connectivity index (χ4n) is 5.72. The van der Waals surface area contributed by atoms with E-state index >= 15 is 0 Å². The predicted octanol–water partition coefficient (Wildman–Crippen LogP) is 5.67. The van der Waals surface area contributed by atoms with Crippen LogP contribution in [0.25, 0.3) is 21.0 Å². The molecule has 2 amide bonds. The molecule has 6 nitrogen and oxygen atoms in total. The minimum absolute atomic E-state index is 0.0181. The molecule has 4 aromatic rings. The second-order valence-corrected chi connectivity index (χ2v) is 10.7. The van der Waals surface area contributed by atoms with Gasteiger partial charge >= 0.3 is 0 Å². The molecule has 2 unspecified atom stereocenters. The van der Waals surface area contributed by atoms with E-state index in [4.69, 9.17) is 9.72 Å². The molecule has 2 saturated heterocycles. The topological polar surface area (TPSA) is 62.7 Å². The quantitative estimate of drug-likeness (QED) is 0.363. The van der Waals surface area contributed by atoms with Gasteiger partial charge in [0, 0.05) is 30.6 Å². The van der Waals surface area contributed by atoms with Crippen molar-refractivity contribution < 1.29 is 14.3 Å². The van der Waals surface area contributed by atoms with Crippen molar-refractivity contribution in [2.24, 2.45) is 5.92 Å². The van der Waals surface area contributed by atoms with E-state index in [1.165, 1.54) is 0 Å². The Bertz CT molecular complexity index is 1420. The van der Waals surface area contributed by atoms with E-state index in [1.54, 1.807) is 18.4 Å². The molecule has 0 N–H and O–H groups in total. The van der Waals surface area contributed by atoms with E-state index < -0.39 is 0 Å². The minimum atomic E-state index is -0.179. The highest BCUT2D eigenvalue weighted by Crippen LogP contribution is 2.38. The first-order valence-corrected chi connectivity index (χ1v) is 13.5. The summed E-state index contributed by atoms with van der Waals surface area (Å²) in [5, 5.41) is 2.83. The van der Waals surface area contributed by atoms with Gasteiger partial charge in [-0.2, -0.15) is 0 Å². The lowest BCUT2D eigenvalue weighted by molar-refractivity contribution is -0.137. The highest BCUT2D eigenvalue weighted by atomic mass is 32.1. The molecule has 3 heterocycles. The van der Waals surface area contributed by atoms with Gasteiger partial charge in [0.2, 0.25) is 5.91 Å². The Balaban J connectivity index is 1.22. The van der Waals surface area contributed by atoms with Crippen LogP contribution in [0.15, 0.2) is 60.7 Å². The normalized spacial score (nSPS) is 20.2. The molecule has 2 atom stereocenters. The summed E-state index contributed by atoms with van der Waals surface area (Å²) >= 11 is 1.69. The average Bonchev–Trinajstić information content (AvgIpc) is 3.59. The third-order valence-corrected chi connectivity index (χ3v) is 8.66. The Hall–Kier alpha value is -3.45. The number of methoxy groups -OCH3 is 1. The number of hydrogen-bond acceptors (Lipinski definition) is 5. The van der Waals surface area contributed by atoms with Crippen LogP contribution in [-0.4, -0.2) is 53.3 Å². The third-order valence-electron chi connectivity index (χ3n) is 7.52. The number of fused-ring (bicyclic) bond motifs is 2. The number of likely N-dealkylation sites (tertiary alicyclic amines) is 2. The minimum Gasteiger partial charge on any atom is -0.496 e. The maximum Gasteiger partial charge on any atom is 0.254 e. The fourth-order valence-corrected chi connectivity index (χ4v) is 6.84. The van der Waals surface area contributed by atoms with Gasteiger partial charge in [-0.05, 0) is 55.3 Å². The molecule has 2 aliphatic heterocycles. The van der Waals surface area contributed by atoms with Crippen LogP contribution in [0.3, 0.4) is 0 Å². The standard InChI is InChI=1S/C29H29N3O3S/c1-35-25-15-14-22(20-9-2-3-10-21(20)25)29(34)31-16-6-8-19(18-31)28(33)32-17-7-12-24(32)27-30-23-11-4-5-13-26(23)36-27/h2-5,9-11,13-15,19,24H,6-8,12,16-18H2,1H3. The Morgan fingerprint density at radius 3 is 2.56 bits per heavy atom. The SMILES string of the molecule is COc1ccc(C(=O)N2CCCC(C(=O)N3CCCC3c3nc4ccccc4s3)C2)c2ccccc12. The number of hydrogen-bond donors (Lipinski definition) is 0. The van der Waals surface area contributed by atoms with E-state index in [0.717, 1.165) is 64.0 Å². The van der Waals surface area contributed by atoms with Crippen LogP contribution in [0.4, 0.5) is 0 Å². The van der Waals surface area contributed by atoms with Crippen molar-refractivity contribution >= 4 is 44.1 Å². The number of thiazole rings is 1. The Kier molecular flexibility index (Phi) is 6.09. The van der Waals surface area contributed by atoms with E-state index in [-0.39, 0.29) is 23.8 Å². The molecule has 0 spiro atoms. The highest BCUT2D eigenvalue weighted by molar-refractivity contribution is 7.18. The molecule has 2 fully saturated rings. The van der Waals surface area contributed by atoms with Crippen molar-refractivity contribution in [1.82, 2.24) is 14.8 Å². The Labute approximate surface area is 214 Å². The number of carbonyl (C=O) groups excluding carboxylic acids is 2. The van der Waals surface area contributed by atoms with Crippen LogP contribution in [0, 0.1) is 5.92 Å². The lowest BCUT2D eigenvalue weighted by Crippen LogP contribution is -2.46. The second-order valence-electron chi connectivity index (χ2n) is 9.66. The summed E-state index contributed by atoms with van der Waals surface area (Å²) < 4.78 is 6.66. The van der Waals surface area contributed by atoms with Crippen LogP contribution in [0.2, 0.25) is 0 Å². The summed E-state index contributed by atoms with van der Waals surface area (Å²) in [7, 11) is 1.64. The summed E-state index contributed by atoms with van der Waals surface area (Å²) in [6, 6.07) is 19.7. The molecule has 0 radical (unpaired) electrons. The van der Waals surface area contributed by atoms with Crippen LogP contribution in [0.5, 0.6) is 5.75 Å². The largest absolute Gasteiger partial charge is 0.496 e. The van der Waals surface area contributed by atoms with Crippen molar-refractivity contribution in [1.29, 1.82) is 0 Å². The fraction of sp³-hybridized carbons (Fsp3) is 0.345. The third kappa shape index (κ3) is 4.01. The van der Waals surface area contributed by atoms with Crippen LogP contribution >= 0.6 is 11.3 Å². The van der Waals surface area contributed by atoms with Gasteiger partial charge in [0.15, 0.2) is 0 Å². The molecular weight excluding hydrogens is 470 g/mol. The number of para-hydroxylation sites is 1. The van der Waals surface area contributed by atoms with Gasteiger partial charge in [0.1, 0.15) is 10.8 Å². The molecule has 1 aromatic heterocycles. The van der Waals surface area contributed by atoms with E-state index in [0.29, 0.717) is 18.7 Å². The van der Waals surface area contributed by atoms with Crippen molar-refractivity contribution in [2.45, 2.75) is 31.7 Å². The first-order valence-electron chi connectivity index (χ1n) is 12.6. The molecular formula is C29H29N3O3S. The Morgan fingerprint density at radius 1 is 0.944 bits per heavy atom. The zero-order valence-corrected chi connectivity index (χ0v) is 21.2. The molecule has 7 heteroatoms. The van der Waals surface area contributed by atoms with Gasteiger partial charge in [-0.1, -0.05) is 36.4 Å². The van der Waals surface area contributed by atoms with Gasteiger partial charge in [0.05, 0.1) is 29.3 Å². The number of ether oxygens (including phenoxy) is 1. The number of aromatic nitrogens is 1. The number of carbonyl (C=O) groups is 2. The highest BCUT2D eigenvalue weighted by Gasteiger charge is 2.38. The molecule has 0 saturated carbocycles. The number of rotatable bonds is 4. The molecule has 0 aliphatic carbocycles. The van der Waals surface area contributed by atoms with E-state index in [9.17, 15) is 9.59 Å². The number of benzene rings is 3.